The number of benzene rings is 2. The minimum absolute atomic E-state index is 0.0644. The number of nitrogen functional groups attached to an aromatic ring is 1. The minimum atomic E-state index is -0.484. The number of nitro groups is 1. The van der Waals surface area contributed by atoms with Gasteiger partial charge in [-0.1, -0.05) is 32.9 Å². The summed E-state index contributed by atoms with van der Waals surface area (Å²) in [6, 6.07) is 14.1. The van der Waals surface area contributed by atoms with E-state index in [0.29, 0.717) is 22.9 Å². The summed E-state index contributed by atoms with van der Waals surface area (Å²) in [5, 5.41) is 21.2. The Bertz CT molecular complexity index is 1070. The number of hydrogen-bond donors (Lipinski definition) is 3. The monoisotopic (exact) mass is 394 g/mol. The van der Waals surface area contributed by atoms with E-state index in [9.17, 15) is 14.9 Å². The summed E-state index contributed by atoms with van der Waals surface area (Å²) < 4.78 is 1.48. The number of carbonyl (C=O) groups is 1. The fourth-order valence-electron chi connectivity index (χ4n) is 2.67. The molecule has 0 aliphatic carbocycles. The molecule has 3 rings (SSSR count). The van der Waals surface area contributed by atoms with Crippen molar-refractivity contribution in [3.05, 3.63) is 70.4 Å². The van der Waals surface area contributed by atoms with Gasteiger partial charge in [-0.25, -0.2) is 9.48 Å². The van der Waals surface area contributed by atoms with Crippen LogP contribution < -0.4 is 16.4 Å². The first-order valence-corrected chi connectivity index (χ1v) is 8.92. The molecule has 1 aromatic heterocycles. The van der Waals surface area contributed by atoms with Crippen molar-refractivity contribution in [3.8, 4) is 5.69 Å². The van der Waals surface area contributed by atoms with E-state index in [1.165, 1.54) is 16.8 Å². The van der Waals surface area contributed by atoms with Crippen molar-refractivity contribution < 1.29 is 9.72 Å². The van der Waals surface area contributed by atoms with Crippen LogP contribution in [0.4, 0.5) is 27.7 Å². The number of hydrogen-bond acceptors (Lipinski definition) is 5. The van der Waals surface area contributed by atoms with Gasteiger partial charge in [-0.2, -0.15) is 5.10 Å². The average Bonchev–Trinajstić information content (AvgIpc) is 3.06. The predicted molar refractivity (Wildman–Crippen MR) is 112 cm³/mol. The van der Waals surface area contributed by atoms with Gasteiger partial charge in [-0.15, -0.1) is 0 Å². The molecule has 0 aliphatic heterocycles. The molecular formula is C20H22N6O3. The SMILES string of the molecule is CC(C)(C)c1cc(NC(=O)Nc2cccc(N)c2)n(-c2cccc([N+](=O)[O-])c2)n1. The van der Waals surface area contributed by atoms with Crippen molar-refractivity contribution in [2.45, 2.75) is 26.2 Å². The molecule has 3 aromatic rings. The first-order chi connectivity index (χ1) is 13.6. The third-order valence-electron chi connectivity index (χ3n) is 4.15. The highest BCUT2D eigenvalue weighted by Gasteiger charge is 2.22. The number of urea groups is 1. The summed E-state index contributed by atoms with van der Waals surface area (Å²) in [5.41, 5.74) is 7.65. The Hall–Kier alpha value is -3.88. The number of aromatic nitrogens is 2. The van der Waals surface area contributed by atoms with E-state index in [1.807, 2.05) is 20.8 Å². The largest absolute Gasteiger partial charge is 0.399 e. The lowest BCUT2D eigenvalue weighted by molar-refractivity contribution is -0.384. The van der Waals surface area contributed by atoms with Crippen LogP contribution in [0, 0.1) is 10.1 Å². The van der Waals surface area contributed by atoms with Crippen LogP contribution >= 0.6 is 0 Å². The maximum absolute atomic E-state index is 12.5. The normalized spacial score (nSPS) is 11.1. The molecule has 9 heteroatoms. The Labute approximate surface area is 167 Å². The average molecular weight is 394 g/mol. The number of nitrogens with one attached hydrogen (secondary N) is 2. The molecule has 150 valence electrons. The van der Waals surface area contributed by atoms with E-state index in [2.05, 4.69) is 15.7 Å². The van der Waals surface area contributed by atoms with Gasteiger partial charge in [0.1, 0.15) is 5.82 Å². The minimum Gasteiger partial charge on any atom is -0.399 e. The van der Waals surface area contributed by atoms with Gasteiger partial charge in [0.2, 0.25) is 0 Å². The van der Waals surface area contributed by atoms with Crippen molar-refractivity contribution in [2.75, 3.05) is 16.4 Å². The molecule has 2 aromatic carbocycles. The van der Waals surface area contributed by atoms with Crippen LogP contribution in [0.1, 0.15) is 26.5 Å². The van der Waals surface area contributed by atoms with Crippen LogP contribution in [0.15, 0.2) is 54.6 Å². The summed E-state index contributed by atoms with van der Waals surface area (Å²) in [7, 11) is 0. The molecule has 9 nitrogen and oxygen atoms in total. The summed E-state index contributed by atoms with van der Waals surface area (Å²) in [6.45, 7) is 5.97. The van der Waals surface area contributed by atoms with Crippen LogP contribution in [0.25, 0.3) is 5.69 Å². The Kier molecular flexibility index (Phi) is 5.22. The molecule has 0 saturated carbocycles. The highest BCUT2D eigenvalue weighted by Crippen LogP contribution is 2.27. The van der Waals surface area contributed by atoms with Crippen molar-refractivity contribution in [3.63, 3.8) is 0 Å². The fourth-order valence-corrected chi connectivity index (χ4v) is 2.67. The molecule has 0 fully saturated rings. The predicted octanol–water partition coefficient (Wildman–Crippen LogP) is 4.30. The zero-order valence-electron chi connectivity index (χ0n) is 16.3. The molecule has 4 N–H and O–H groups in total. The Morgan fingerprint density at radius 2 is 1.83 bits per heavy atom. The number of amides is 2. The van der Waals surface area contributed by atoms with Crippen molar-refractivity contribution in [2.24, 2.45) is 0 Å². The molecule has 1 heterocycles. The van der Waals surface area contributed by atoms with E-state index < -0.39 is 11.0 Å². The van der Waals surface area contributed by atoms with Gasteiger partial charge in [0.25, 0.3) is 5.69 Å². The second-order valence-electron chi connectivity index (χ2n) is 7.56. The summed E-state index contributed by atoms with van der Waals surface area (Å²) >= 11 is 0. The Balaban J connectivity index is 1.95. The van der Waals surface area contributed by atoms with Gasteiger partial charge in [-0.3, -0.25) is 15.4 Å². The number of nitrogens with zero attached hydrogens (tertiary/aromatic N) is 3. The highest BCUT2D eigenvalue weighted by molar-refractivity contribution is 5.99. The lowest BCUT2D eigenvalue weighted by Crippen LogP contribution is -2.21. The second kappa shape index (κ2) is 7.63. The second-order valence-corrected chi connectivity index (χ2v) is 7.56. The van der Waals surface area contributed by atoms with Crippen molar-refractivity contribution >= 4 is 28.9 Å². The van der Waals surface area contributed by atoms with Crippen molar-refractivity contribution in [1.82, 2.24) is 9.78 Å². The maximum atomic E-state index is 12.5. The van der Waals surface area contributed by atoms with Crippen LogP contribution in [0.2, 0.25) is 0 Å². The molecule has 0 spiro atoms. The van der Waals surface area contributed by atoms with Crippen LogP contribution in [0.3, 0.4) is 0 Å². The van der Waals surface area contributed by atoms with Crippen LogP contribution in [-0.2, 0) is 5.41 Å². The molecule has 0 bridgehead atoms. The molecule has 0 saturated heterocycles. The number of anilines is 3. The van der Waals surface area contributed by atoms with E-state index in [1.54, 1.807) is 42.5 Å². The Morgan fingerprint density at radius 3 is 2.48 bits per heavy atom. The Morgan fingerprint density at radius 1 is 1.10 bits per heavy atom. The first-order valence-electron chi connectivity index (χ1n) is 8.92. The molecule has 2 amide bonds. The molecule has 29 heavy (non-hydrogen) atoms. The molecular weight excluding hydrogens is 372 g/mol. The van der Waals surface area contributed by atoms with E-state index >= 15 is 0 Å². The fraction of sp³-hybridized carbons (Fsp3) is 0.200. The summed E-state index contributed by atoms with van der Waals surface area (Å²) in [4.78, 5) is 23.2. The molecule has 0 aliphatic rings. The zero-order valence-corrected chi connectivity index (χ0v) is 16.3. The maximum Gasteiger partial charge on any atom is 0.324 e. The number of nitrogens with two attached hydrogens (primary N) is 1. The summed E-state index contributed by atoms with van der Waals surface area (Å²) in [6.07, 6.45) is 0. The van der Waals surface area contributed by atoms with Gasteiger partial charge < -0.3 is 11.1 Å². The van der Waals surface area contributed by atoms with Gasteiger partial charge in [0.15, 0.2) is 0 Å². The third-order valence-corrected chi connectivity index (χ3v) is 4.15. The van der Waals surface area contributed by atoms with Gasteiger partial charge in [-0.05, 0) is 24.3 Å². The number of non-ortho nitro benzene ring substituents is 1. The van der Waals surface area contributed by atoms with Gasteiger partial charge in [0, 0.05) is 35.0 Å². The summed E-state index contributed by atoms with van der Waals surface area (Å²) in [5.74, 6) is 0.386. The van der Waals surface area contributed by atoms with Crippen LogP contribution in [0.5, 0.6) is 0 Å². The van der Waals surface area contributed by atoms with E-state index in [-0.39, 0.29) is 11.1 Å². The number of carbonyl (C=O) groups excluding carboxylic acids is 1. The van der Waals surface area contributed by atoms with Crippen molar-refractivity contribution in [1.29, 1.82) is 0 Å². The molecule has 0 unspecified atom stereocenters. The molecule has 0 atom stereocenters. The topological polar surface area (TPSA) is 128 Å². The van der Waals surface area contributed by atoms with Gasteiger partial charge in [0.05, 0.1) is 16.3 Å². The lowest BCUT2D eigenvalue weighted by Gasteiger charge is -2.14. The smallest absolute Gasteiger partial charge is 0.324 e. The molecule has 0 radical (unpaired) electrons. The highest BCUT2D eigenvalue weighted by atomic mass is 16.6. The van der Waals surface area contributed by atoms with E-state index in [0.717, 1.165) is 5.69 Å². The van der Waals surface area contributed by atoms with Crippen LogP contribution in [-0.4, -0.2) is 20.7 Å². The van der Waals surface area contributed by atoms with Gasteiger partial charge >= 0.3 is 6.03 Å². The standard InChI is InChI=1S/C20H22N6O3/c1-20(2,3)17-12-18(23-19(27)22-14-7-4-6-13(21)10-14)25(24-17)15-8-5-9-16(11-15)26(28)29/h4-12H,21H2,1-3H3,(H2,22,23,27). The number of nitro benzene ring substituents is 1. The zero-order chi connectivity index (χ0) is 21.2. The van der Waals surface area contributed by atoms with E-state index in [4.69, 9.17) is 5.73 Å². The third kappa shape index (κ3) is 4.70. The first kappa shape index (κ1) is 19.9. The lowest BCUT2D eigenvalue weighted by atomic mass is 9.92. The number of rotatable bonds is 4. The quantitative estimate of drug-likeness (QED) is 0.345.